The number of rotatable bonds is 8. The summed E-state index contributed by atoms with van der Waals surface area (Å²) in [6.45, 7) is 0. The number of hydrogen-bond donors (Lipinski definition) is 3. The fourth-order valence-corrected chi connectivity index (χ4v) is 3.54. The number of pyridine rings is 1. The number of carbonyl (C=O) groups is 2. The molecule has 2 unspecified atom stereocenters. The molecule has 1 amide bonds. The molecular weight excluding hydrogens is 439 g/mol. The minimum absolute atomic E-state index is 0.0908. The van der Waals surface area contributed by atoms with Gasteiger partial charge in [0.2, 0.25) is 0 Å². The van der Waals surface area contributed by atoms with Crippen LogP contribution >= 0.6 is 0 Å². The molecule has 3 N–H and O–H groups in total. The lowest BCUT2D eigenvalue weighted by molar-refractivity contribution is -0.148. The highest BCUT2D eigenvalue weighted by Crippen LogP contribution is 2.19. The summed E-state index contributed by atoms with van der Waals surface area (Å²) >= 11 is 0. The minimum Gasteiger partial charge on any atom is -0.479 e. The predicted octanol–water partition coefficient (Wildman–Crippen LogP) is 2.86. The van der Waals surface area contributed by atoms with E-state index in [1.54, 1.807) is 24.4 Å². The molecule has 2 aromatic carbocycles. The van der Waals surface area contributed by atoms with Crippen LogP contribution in [0.3, 0.4) is 0 Å². The van der Waals surface area contributed by atoms with Crippen LogP contribution in [0.2, 0.25) is 0 Å². The Labute approximate surface area is 194 Å². The largest absolute Gasteiger partial charge is 0.479 e. The lowest BCUT2D eigenvalue weighted by Gasteiger charge is -2.22. The number of nitrogens with one attached hydrogen (secondary N) is 1. The summed E-state index contributed by atoms with van der Waals surface area (Å²) in [6, 6.07) is 18.7. The number of nitrogens with zero attached hydrogens (tertiary/aromatic N) is 3. The first-order valence-electron chi connectivity index (χ1n) is 10.4. The number of carbonyl (C=O) groups excluding carboxylic acids is 1. The zero-order chi connectivity index (χ0) is 24.1. The van der Waals surface area contributed by atoms with Crippen LogP contribution in [0.1, 0.15) is 15.9 Å². The van der Waals surface area contributed by atoms with Crippen LogP contribution in [-0.4, -0.2) is 49.0 Å². The summed E-state index contributed by atoms with van der Waals surface area (Å²) in [5.41, 5.74) is 2.13. The topological polar surface area (TPSA) is 117 Å². The zero-order valence-corrected chi connectivity index (χ0v) is 17.9. The van der Waals surface area contributed by atoms with Crippen molar-refractivity contribution in [3.63, 3.8) is 0 Å². The molecule has 172 valence electrons. The van der Waals surface area contributed by atoms with Gasteiger partial charge in [-0.05, 0) is 42.3 Å². The number of halogens is 1. The second-order valence-corrected chi connectivity index (χ2v) is 7.58. The van der Waals surface area contributed by atoms with Crippen molar-refractivity contribution in [2.45, 2.75) is 18.6 Å². The van der Waals surface area contributed by atoms with E-state index in [-0.39, 0.29) is 17.8 Å². The molecule has 0 fully saturated rings. The number of hydrogen-bond acceptors (Lipinski definition) is 5. The van der Waals surface area contributed by atoms with Gasteiger partial charge in [0.15, 0.2) is 11.9 Å². The normalized spacial score (nSPS) is 12.6. The number of carboxylic acids is 1. The van der Waals surface area contributed by atoms with Crippen molar-refractivity contribution in [3.8, 4) is 17.1 Å². The molecule has 0 spiro atoms. The van der Waals surface area contributed by atoms with Gasteiger partial charge in [-0.1, -0.05) is 42.5 Å². The number of carboxylic acid groups (broad SMARTS) is 1. The highest BCUT2D eigenvalue weighted by molar-refractivity contribution is 5.97. The molecule has 4 rings (SSSR count). The van der Waals surface area contributed by atoms with Gasteiger partial charge in [0.25, 0.3) is 5.91 Å². The van der Waals surface area contributed by atoms with Gasteiger partial charge in [0.1, 0.15) is 5.82 Å². The smallest absolute Gasteiger partial charge is 0.334 e. The summed E-state index contributed by atoms with van der Waals surface area (Å²) in [7, 11) is 0. The van der Waals surface area contributed by atoms with E-state index in [4.69, 9.17) is 0 Å². The quantitative estimate of drug-likeness (QED) is 0.372. The number of benzene rings is 2. The molecule has 2 heterocycles. The SMILES string of the molecule is O=C(NC(Cc1cccc(F)c1)C(O)C(=O)O)c1cccnc1-n1ccc(-c2ccccc2)n1. The Morgan fingerprint density at radius 2 is 1.82 bits per heavy atom. The molecule has 2 aromatic heterocycles. The first-order valence-corrected chi connectivity index (χ1v) is 10.4. The van der Waals surface area contributed by atoms with Gasteiger partial charge in [0.05, 0.1) is 17.3 Å². The van der Waals surface area contributed by atoms with Crippen LogP contribution in [0, 0.1) is 5.82 Å². The van der Waals surface area contributed by atoms with E-state index in [1.165, 1.54) is 35.1 Å². The molecule has 0 bridgehead atoms. The fourth-order valence-electron chi connectivity index (χ4n) is 3.54. The predicted molar refractivity (Wildman–Crippen MR) is 122 cm³/mol. The van der Waals surface area contributed by atoms with Crippen molar-refractivity contribution in [3.05, 3.63) is 102 Å². The van der Waals surface area contributed by atoms with E-state index in [9.17, 15) is 24.2 Å². The molecule has 0 radical (unpaired) electrons. The molecule has 0 aliphatic rings. The van der Waals surface area contributed by atoms with Crippen molar-refractivity contribution < 1.29 is 24.2 Å². The molecule has 2 atom stereocenters. The summed E-state index contributed by atoms with van der Waals surface area (Å²) in [4.78, 5) is 28.9. The highest BCUT2D eigenvalue weighted by Gasteiger charge is 2.29. The van der Waals surface area contributed by atoms with Crippen LogP contribution in [0.25, 0.3) is 17.1 Å². The number of aromatic nitrogens is 3. The van der Waals surface area contributed by atoms with Crippen LogP contribution in [0.15, 0.2) is 85.2 Å². The van der Waals surface area contributed by atoms with E-state index in [1.807, 2.05) is 30.3 Å². The number of amides is 1. The van der Waals surface area contributed by atoms with Crippen molar-refractivity contribution in [2.75, 3.05) is 0 Å². The second-order valence-electron chi connectivity index (χ2n) is 7.58. The molecule has 0 aliphatic heterocycles. The molecule has 0 saturated heterocycles. The molecule has 34 heavy (non-hydrogen) atoms. The van der Waals surface area contributed by atoms with Gasteiger partial charge in [-0.25, -0.2) is 18.9 Å². The number of aliphatic hydroxyl groups is 1. The van der Waals surface area contributed by atoms with Gasteiger partial charge in [0, 0.05) is 18.0 Å². The van der Waals surface area contributed by atoms with Gasteiger partial charge in [-0.3, -0.25) is 4.79 Å². The van der Waals surface area contributed by atoms with E-state index in [0.717, 1.165) is 5.56 Å². The standard InChI is InChI=1S/C25H21FN4O4/c26-18-9-4-6-16(14-18)15-21(22(31)25(33)34)28-24(32)19-10-5-12-27-23(19)30-13-11-20(29-30)17-7-2-1-3-8-17/h1-14,21-22,31H,15H2,(H,28,32)(H,33,34). The Bertz CT molecular complexity index is 1310. The zero-order valence-electron chi connectivity index (χ0n) is 17.9. The Morgan fingerprint density at radius 3 is 2.56 bits per heavy atom. The Morgan fingerprint density at radius 1 is 1.03 bits per heavy atom. The molecule has 9 heteroatoms. The lowest BCUT2D eigenvalue weighted by Crippen LogP contribution is -2.48. The van der Waals surface area contributed by atoms with E-state index in [0.29, 0.717) is 11.3 Å². The molecule has 0 saturated carbocycles. The summed E-state index contributed by atoms with van der Waals surface area (Å²) < 4.78 is 15.0. The lowest BCUT2D eigenvalue weighted by atomic mass is 10.0. The third-order valence-electron chi connectivity index (χ3n) is 5.20. The summed E-state index contributed by atoms with van der Waals surface area (Å²) in [6.07, 6.45) is 1.18. The van der Waals surface area contributed by atoms with Gasteiger partial charge in [-0.15, -0.1) is 0 Å². The molecule has 4 aromatic rings. The maximum atomic E-state index is 13.6. The summed E-state index contributed by atoms with van der Waals surface area (Å²) in [5.74, 6) is -2.43. The van der Waals surface area contributed by atoms with Crippen molar-refractivity contribution in [1.82, 2.24) is 20.1 Å². The minimum atomic E-state index is -1.90. The third kappa shape index (κ3) is 5.16. The number of aliphatic hydroxyl groups excluding tert-OH is 1. The van der Waals surface area contributed by atoms with Crippen LogP contribution < -0.4 is 5.32 Å². The van der Waals surface area contributed by atoms with Gasteiger partial charge >= 0.3 is 5.97 Å². The maximum Gasteiger partial charge on any atom is 0.334 e. The van der Waals surface area contributed by atoms with Gasteiger partial charge < -0.3 is 15.5 Å². The van der Waals surface area contributed by atoms with Crippen molar-refractivity contribution in [2.24, 2.45) is 0 Å². The molecule has 0 aliphatic carbocycles. The third-order valence-corrected chi connectivity index (χ3v) is 5.20. The monoisotopic (exact) mass is 460 g/mol. The average Bonchev–Trinajstić information content (AvgIpc) is 3.34. The van der Waals surface area contributed by atoms with Crippen LogP contribution in [0.4, 0.5) is 4.39 Å². The van der Waals surface area contributed by atoms with Crippen molar-refractivity contribution in [1.29, 1.82) is 0 Å². The highest BCUT2D eigenvalue weighted by atomic mass is 19.1. The van der Waals surface area contributed by atoms with Crippen LogP contribution in [0.5, 0.6) is 0 Å². The maximum absolute atomic E-state index is 13.6. The van der Waals surface area contributed by atoms with E-state index >= 15 is 0 Å². The van der Waals surface area contributed by atoms with E-state index < -0.39 is 29.8 Å². The Kier molecular flexibility index (Phi) is 6.74. The molecular formula is C25H21FN4O4. The summed E-state index contributed by atoms with van der Waals surface area (Å²) in [5, 5.41) is 26.6. The van der Waals surface area contributed by atoms with Gasteiger partial charge in [-0.2, -0.15) is 5.10 Å². The van der Waals surface area contributed by atoms with E-state index in [2.05, 4.69) is 15.4 Å². The van der Waals surface area contributed by atoms with Crippen molar-refractivity contribution >= 4 is 11.9 Å². The number of aliphatic carboxylic acids is 1. The first kappa shape index (κ1) is 22.8. The average molecular weight is 460 g/mol. The van der Waals surface area contributed by atoms with Crippen LogP contribution in [-0.2, 0) is 11.2 Å². The Balaban J connectivity index is 1.61. The first-order chi connectivity index (χ1) is 16.4. The second kappa shape index (κ2) is 10.1. The fraction of sp³-hybridized carbons (Fsp3) is 0.120. The molecule has 8 nitrogen and oxygen atoms in total. The Hall–Kier alpha value is -4.37.